The van der Waals surface area contributed by atoms with Gasteiger partial charge in [-0.25, -0.2) is 0 Å². The number of halogens is 5. The Morgan fingerprint density at radius 3 is 2.48 bits per heavy atom. The highest BCUT2D eigenvalue weighted by molar-refractivity contribution is 9.10. The lowest BCUT2D eigenvalue weighted by molar-refractivity contribution is -0.148. The summed E-state index contributed by atoms with van der Waals surface area (Å²) in [6, 6.07) is 3.66. The van der Waals surface area contributed by atoms with E-state index in [1.54, 1.807) is 6.07 Å². The largest absolute Gasteiger partial charge is 0.508 e. The highest BCUT2D eigenvalue weighted by atomic mass is 79.9. The number of hydrogen-bond acceptors (Lipinski definition) is 3. The second-order valence-electron chi connectivity index (χ2n) is 4.83. The lowest BCUT2D eigenvalue weighted by Gasteiger charge is -2.36. The monoisotopic (exact) mass is 388 g/mol. The molecule has 2 rings (SSSR count). The molecule has 8 heteroatoms. The number of hydrogen-bond donors (Lipinski definition) is 2. The maximum Gasteiger partial charge on any atom is 0.390 e. The van der Waals surface area contributed by atoms with Gasteiger partial charge in [0, 0.05) is 36.7 Å². The van der Waals surface area contributed by atoms with Crippen molar-refractivity contribution in [3.63, 3.8) is 0 Å². The molecule has 1 aromatic rings. The van der Waals surface area contributed by atoms with Crippen LogP contribution in [0.15, 0.2) is 22.7 Å². The first-order chi connectivity index (χ1) is 9.37. The quantitative estimate of drug-likeness (QED) is 0.831. The van der Waals surface area contributed by atoms with Crippen LogP contribution >= 0.6 is 28.3 Å². The number of rotatable bonds is 3. The lowest BCUT2D eigenvalue weighted by Crippen LogP contribution is -2.46. The fourth-order valence-corrected chi connectivity index (χ4v) is 2.95. The van der Waals surface area contributed by atoms with Gasteiger partial charge in [-0.1, -0.05) is 15.9 Å². The van der Waals surface area contributed by atoms with Crippen molar-refractivity contribution < 1.29 is 18.3 Å². The first-order valence-corrected chi connectivity index (χ1v) is 7.16. The summed E-state index contributed by atoms with van der Waals surface area (Å²) in [5, 5.41) is 12.7. The topological polar surface area (TPSA) is 35.5 Å². The third kappa shape index (κ3) is 5.32. The van der Waals surface area contributed by atoms with Crippen LogP contribution in [0.25, 0.3) is 0 Å². The molecule has 0 aromatic heterocycles. The van der Waals surface area contributed by atoms with Crippen molar-refractivity contribution in [3.8, 4) is 5.75 Å². The molecule has 1 fully saturated rings. The van der Waals surface area contributed by atoms with E-state index in [2.05, 4.69) is 21.2 Å². The fraction of sp³-hybridized carbons (Fsp3) is 0.538. The molecular formula is C13H17BrClF3N2O. The van der Waals surface area contributed by atoms with Gasteiger partial charge in [-0.15, -0.1) is 12.4 Å². The highest BCUT2D eigenvalue weighted by Crippen LogP contribution is 2.38. The summed E-state index contributed by atoms with van der Waals surface area (Å²) in [5.41, 5.74) is 0.476. The summed E-state index contributed by atoms with van der Waals surface area (Å²) in [6.07, 6.45) is -5.17. The highest BCUT2D eigenvalue weighted by Gasteiger charge is 2.36. The summed E-state index contributed by atoms with van der Waals surface area (Å²) >= 11 is 3.28. The molecule has 0 bridgehead atoms. The van der Waals surface area contributed by atoms with Gasteiger partial charge in [0.2, 0.25) is 0 Å². The number of benzene rings is 1. The van der Waals surface area contributed by atoms with Crippen LogP contribution in [-0.2, 0) is 0 Å². The summed E-state index contributed by atoms with van der Waals surface area (Å²) < 4.78 is 39.2. The Balaban J connectivity index is 0.00000220. The molecule has 21 heavy (non-hydrogen) atoms. The smallest absolute Gasteiger partial charge is 0.390 e. The van der Waals surface area contributed by atoms with Crippen LogP contribution in [0, 0.1) is 0 Å². The minimum absolute atomic E-state index is 0. The van der Waals surface area contributed by atoms with E-state index in [1.165, 1.54) is 12.1 Å². The van der Waals surface area contributed by atoms with Crippen LogP contribution in [-0.4, -0.2) is 42.4 Å². The number of phenolic OH excluding ortho intramolecular Hbond substituents is 1. The van der Waals surface area contributed by atoms with E-state index in [4.69, 9.17) is 0 Å². The second-order valence-corrected chi connectivity index (χ2v) is 5.68. The average Bonchev–Trinajstić information content (AvgIpc) is 2.39. The van der Waals surface area contributed by atoms with Crippen LogP contribution in [0.5, 0.6) is 5.75 Å². The Bertz CT molecular complexity index is 467. The molecule has 1 aliphatic heterocycles. The number of aromatic hydroxyl groups is 1. The van der Waals surface area contributed by atoms with Crippen molar-refractivity contribution in [1.29, 1.82) is 0 Å². The maximum absolute atomic E-state index is 12.9. The molecular weight excluding hydrogens is 373 g/mol. The third-order valence-corrected chi connectivity index (χ3v) is 4.08. The molecule has 0 radical (unpaired) electrons. The number of alkyl halides is 3. The van der Waals surface area contributed by atoms with Crippen LogP contribution in [0.1, 0.15) is 18.0 Å². The molecule has 0 amide bonds. The number of nitrogens with one attached hydrogen (secondary N) is 1. The molecule has 0 aliphatic carbocycles. The standard InChI is InChI=1S/C13H16BrF3N2O.ClH/c14-11-2-1-9(20)7-10(11)12(8-13(15,16)17)19-5-3-18-4-6-19;/h1-2,7,12,18,20H,3-6,8H2;1H/t12-;/m0./s1. The zero-order chi connectivity index (χ0) is 14.8. The average molecular weight is 390 g/mol. The zero-order valence-corrected chi connectivity index (χ0v) is 13.6. The first kappa shape index (κ1) is 18.5. The van der Waals surface area contributed by atoms with Gasteiger partial charge in [-0.05, 0) is 23.8 Å². The van der Waals surface area contributed by atoms with Crippen molar-refractivity contribution >= 4 is 28.3 Å². The molecule has 2 N–H and O–H groups in total. The maximum atomic E-state index is 12.9. The van der Waals surface area contributed by atoms with E-state index in [0.717, 1.165) is 0 Å². The van der Waals surface area contributed by atoms with E-state index in [-0.39, 0.29) is 18.2 Å². The molecule has 1 aliphatic rings. The van der Waals surface area contributed by atoms with E-state index in [1.807, 2.05) is 4.90 Å². The van der Waals surface area contributed by atoms with Crippen molar-refractivity contribution in [3.05, 3.63) is 28.2 Å². The van der Waals surface area contributed by atoms with Crippen LogP contribution < -0.4 is 5.32 Å². The SMILES string of the molecule is Cl.Oc1ccc(Br)c([C@H](CC(F)(F)F)N2CCNCC2)c1. The van der Waals surface area contributed by atoms with Crippen LogP contribution in [0.4, 0.5) is 13.2 Å². The fourth-order valence-electron chi connectivity index (χ4n) is 2.44. The lowest BCUT2D eigenvalue weighted by atomic mass is 10.0. The third-order valence-electron chi connectivity index (χ3n) is 3.36. The minimum atomic E-state index is -4.25. The van der Waals surface area contributed by atoms with Crippen LogP contribution in [0.2, 0.25) is 0 Å². The van der Waals surface area contributed by atoms with Gasteiger partial charge in [0.25, 0.3) is 0 Å². The van der Waals surface area contributed by atoms with Crippen molar-refractivity contribution in [2.45, 2.75) is 18.6 Å². The molecule has 0 unspecified atom stereocenters. The Hall–Kier alpha value is -0.500. The molecule has 1 aromatic carbocycles. The number of phenols is 1. The van der Waals surface area contributed by atoms with Crippen molar-refractivity contribution in [2.75, 3.05) is 26.2 Å². The molecule has 1 saturated heterocycles. The number of nitrogens with zero attached hydrogens (tertiary/aromatic N) is 1. The summed E-state index contributed by atoms with van der Waals surface area (Å²) in [4.78, 5) is 1.81. The predicted octanol–water partition coefficient (Wildman–Crippen LogP) is 3.48. The van der Waals surface area contributed by atoms with Gasteiger partial charge in [-0.3, -0.25) is 4.90 Å². The Labute approximate surface area is 136 Å². The zero-order valence-electron chi connectivity index (χ0n) is 11.2. The normalized spacial score (nSPS) is 18.1. The molecule has 120 valence electrons. The minimum Gasteiger partial charge on any atom is -0.508 e. The van der Waals surface area contributed by atoms with Gasteiger partial charge < -0.3 is 10.4 Å². The summed E-state index contributed by atoms with van der Waals surface area (Å²) in [7, 11) is 0. The van der Waals surface area contributed by atoms with Gasteiger partial charge in [0.05, 0.1) is 6.42 Å². The van der Waals surface area contributed by atoms with Gasteiger partial charge in [0.1, 0.15) is 5.75 Å². The van der Waals surface area contributed by atoms with Gasteiger partial charge in [-0.2, -0.15) is 13.2 Å². The first-order valence-electron chi connectivity index (χ1n) is 6.37. The van der Waals surface area contributed by atoms with Crippen LogP contribution in [0.3, 0.4) is 0 Å². The predicted molar refractivity (Wildman–Crippen MR) is 80.9 cm³/mol. The molecule has 0 saturated carbocycles. The van der Waals surface area contributed by atoms with E-state index in [0.29, 0.717) is 36.2 Å². The number of piperazine rings is 1. The molecule has 1 atom stereocenters. The summed E-state index contributed by atoms with van der Waals surface area (Å²) in [6.45, 7) is 2.46. The summed E-state index contributed by atoms with van der Waals surface area (Å²) in [5.74, 6) is -0.0227. The molecule has 0 spiro atoms. The van der Waals surface area contributed by atoms with E-state index in [9.17, 15) is 18.3 Å². The second kappa shape index (κ2) is 7.67. The Kier molecular flexibility index (Phi) is 6.77. The van der Waals surface area contributed by atoms with Gasteiger partial charge in [0.15, 0.2) is 0 Å². The molecule has 3 nitrogen and oxygen atoms in total. The Morgan fingerprint density at radius 1 is 1.29 bits per heavy atom. The Morgan fingerprint density at radius 2 is 1.90 bits per heavy atom. The van der Waals surface area contributed by atoms with Gasteiger partial charge >= 0.3 is 6.18 Å². The van der Waals surface area contributed by atoms with Crippen molar-refractivity contribution in [1.82, 2.24) is 10.2 Å². The van der Waals surface area contributed by atoms with E-state index >= 15 is 0 Å². The van der Waals surface area contributed by atoms with E-state index < -0.39 is 18.6 Å². The molecule has 1 heterocycles. The van der Waals surface area contributed by atoms with Crippen molar-refractivity contribution in [2.24, 2.45) is 0 Å².